The highest BCUT2D eigenvalue weighted by Gasteiger charge is 2.17. The van der Waals surface area contributed by atoms with Crippen LogP contribution in [0.2, 0.25) is 0 Å². The SMILES string of the molecule is CNC(c1ccc(Br)c(C)c1)c1cc(Br)ccc1OC. The monoisotopic (exact) mass is 397 g/mol. The lowest BCUT2D eigenvalue weighted by molar-refractivity contribution is 0.405. The van der Waals surface area contributed by atoms with Crippen LogP contribution in [0.1, 0.15) is 22.7 Å². The minimum absolute atomic E-state index is 0.0919. The quantitative estimate of drug-likeness (QED) is 0.795. The van der Waals surface area contributed by atoms with Crippen LogP contribution >= 0.6 is 31.9 Å². The summed E-state index contributed by atoms with van der Waals surface area (Å²) in [6.45, 7) is 2.10. The first-order valence-electron chi connectivity index (χ1n) is 6.33. The van der Waals surface area contributed by atoms with Gasteiger partial charge in [0.1, 0.15) is 5.75 Å². The fourth-order valence-corrected chi connectivity index (χ4v) is 2.91. The molecule has 0 aromatic heterocycles. The molecule has 0 aliphatic rings. The van der Waals surface area contributed by atoms with Crippen LogP contribution in [0.4, 0.5) is 0 Å². The third-order valence-electron chi connectivity index (χ3n) is 3.31. The maximum atomic E-state index is 5.49. The molecule has 0 aliphatic carbocycles. The van der Waals surface area contributed by atoms with Crippen molar-refractivity contribution in [2.45, 2.75) is 13.0 Å². The predicted octanol–water partition coefficient (Wildman–Crippen LogP) is 4.84. The van der Waals surface area contributed by atoms with Crippen molar-refractivity contribution in [2.75, 3.05) is 14.2 Å². The van der Waals surface area contributed by atoms with E-state index in [0.29, 0.717) is 0 Å². The molecule has 1 unspecified atom stereocenters. The number of rotatable bonds is 4. The summed E-state index contributed by atoms with van der Waals surface area (Å²) in [5.41, 5.74) is 3.55. The van der Waals surface area contributed by atoms with E-state index in [0.717, 1.165) is 20.3 Å². The fraction of sp³-hybridized carbons (Fsp3) is 0.250. The highest BCUT2D eigenvalue weighted by atomic mass is 79.9. The average molecular weight is 399 g/mol. The molecule has 0 saturated carbocycles. The van der Waals surface area contributed by atoms with Gasteiger partial charge in [0.05, 0.1) is 13.2 Å². The largest absolute Gasteiger partial charge is 0.496 e. The van der Waals surface area contributed by atoms with Gasteiger partial charge in [0.2, 0.25) is 0 Å². The van der Waals surface area contributed by atoms with Gasteiger partial charge in [-0.05, 0) is 49.4 Å². The van der Waals surface area contributed by atoms with Crippen molar-refractivity contribution >= 4 is 31.9 Å². The Hall–Kier alpha value is -0.840. The Morgan fingerprint density at radius 1 is 1.10 bits per heavy atom. The van der Waals surface area contributed by atoms with Crippen LogP contribution in [0.5, 0.6) is 5.75 Å². The second-order valence-electron chi connectivity index (χ2n) is 4.62. The molecule has 4 heteroatoms. The second-order valence-corrected chi connectivity index (χ2v) is 6.39. The van der Waals surface area contributed by atoms with Gasteiger partial charge in [-0.1, -0.05) is 44.0 Å². The number of hydrogen-bond donors (Lipinski definition) is 1. The zero-order valence-electron chi connectivity index (χ0n) is 11.7. The van der Waals surface area contributed by atoms with E-state index >= 15 is 0 Å². The first-order valence-corrected chi connectivity index (χ1v) is 7.92. The van der Waals surface area contributed by atoms with Crippen LogP contribution in [-0.2, 0) is 0 Å². The molecule has 0 bridgehead atoms. The number of benzene rings is 2. The second kappa shape index (κ2) is 6.74. The van der Waals surface area contributed by atoms with E-state index in [9.17, 15) is 0 Å². The molecule has 2 nitrogen and oxygen atoms in total. The molecule has 0 heterocycles. The summed E-state index contributed by atoms with van der Waals surface area (Å²) in [5, 5.41) is 3.37. The minimum Gasteiger partial charge on any atom is -0.496 e. The van der Waals surface area contributed by atoms with Gasteiger partial charge in [0.15, 0.2) is 0 Å². The van der Waals surface area contributed by atoms with Crippen LogP contribution in [-0.4, -0.2) is 14.2 Å². The first-order chi connectivity index (χ1) is 9.56. The Labute approximate surface area is 136 Å². The standard InChI is InChI=1S/C16H17Br2NO/c1-10-8-11(4-6-14(10)18)16(19-2)13-9-12(17)5-7-15(13)20-3/h4-9,16,19H,1-3H3. The zero-order chi connectivity index (χ0) is 14.7. The Balaban J connectivity index is 2.51. The molecule has 0 aliphatic heterocycles. The smallest absolute Gasteiger partial charge is 0.124 e. The highest BCUT2D eigenvalue weighted by Crippen LogP contribution is 2.33. The van der Waals surface area contributed by atoms with Gasteiger partial charge >= 0.3 is 0 Å². The van der Waals surface area contributed by atoms with Crippen molar-refractivity contribution in [3.8, 4) is 5.75 Å². The number of nitrogens with one attached hydrogen (secondary N) is 1. The summed E-state index contributed by atoms with van der Waals surface area (Å²) in [6.07, 6.45) is 0. The maximum Gasteiger partial charge on any atom is 0.124 e. The van der Waals surface area contributed by atoms with Crippen molar-refractivity contribution in [3.63, 3.8) is 0 Å². The summed E-state index contributed by atoms with van der Waals surface area (Å²) < 4.78 is 7.65. The molecular formula is C16H17Br2NO. The highest BCUT2D eigenvalue weighted by molar-refractivity contribution is 9.10. The van der Waals surface area contributed by atoms with Crippen molar-refractivity contribution in [1.82, 2.24) is 5.32 Å². The molecule has 0 fully saturated rings. The molecule has 0 spiro atoms. The van der Waals surface area contributed by atoms with Gasteiger partial charge in [-0.15, -0.1) is 0 Å². The van der Waals surface area contributed by atoms with Gasteiger partial charge < -0.3 is 10.1 Å². The first kappa shape index (κ1) is 15.5. The number of aryl methyl sites for hydroxylation is 1. The average Bonchev–Trinajstić information content (AvgIpc) is 2.44. The summed E-state index contributed by atoms with van der Waals surface area (Å²) in [5.74, 6) is 0.883. The molecular weight excluding hydrogens is 382 g/mol. The van der Waals surface area contributed by atoms with E-state index in [4.69, 9.17) is 4.74 Å². The Morgan fingerprint density at radius 2 is 1.85 bits per heavy atom. The normalized spacial score (nSPS) is 12.2. The molecule has 106 valence electrons. The van der Waals surface area contributed by atoms with E-state index in [-0.39, 0.29) is 6.04 Å². The fourth-order valence-electron chi connectivity index (χ4n) is 2.28. The van der Waals surface area contributed by atoms with Gasteiger partial charge in [0, 0.05) is 14.5 Å². The molecule has 1 atom stereocenters. The van der Waals surface area contributed by atoms with Crippen LogP contribution in [0, 0.1) is 6.92 Å². The van der Waals surface area contributed by atoms with Crippen molar-refractivity contribution < 1.29 is 4.74 Å². The molecule has 20 heavy (non-hydrogen) atoms. The summed E-state index contributed by atoms with van der Waals surface area (Å²) in [6, 6.07) is 12.5. The van der Waals surface area contributed by atoms with Crippen LogP contribution in [0.15, 0.2) is 45.3 Å². The van der Waals surface area contributed by atoms with E-state index < -0.39 is 0 Å². The van der Waals surface area contributed by atoms with Crippen molar-refractivity contribution in [1.29, 1.82) is 0 Å². The molecule has 0 saturated heterocycles. The zero-order valence-corrected chi connectivity index (χ0v) is 14.9. The van der Waals surface area contributed by atoms with Crippen molar-refractivity contribution in [2.24, 2.45) is 0 Å². The van der Waals surface area contributed by atoms with Crippen LogP contribution < -0.4 is 10.1 Å². The maximum absolute atomic E-state index is 5.49. The lowest BCUT2D eigenvalue weighted by Crippen LogP contribution is -2.18. The van der Waals surface area contributed by atoms with E-state index in [1.165, 1.54) is 11.1 Å². The van der Waals surface area contributed by atoms with E-state index in [1.54, 1.807) is 7.11 Å². The number of hydrogen-bond acceptors (Lipinski definition) is 2. The Morgan fingerprint density at radius 3 is 2.45 bits per heavy atom. The predicted molar refractivity (Wildman–Crippen MR) is 90.5 cm³/mol. The Kier molecular flexibility index (Phi) is 5.24. The number of methoxy groups -OCH3 is 1. The Bertz CT molecular complexity index is 613. The van der Waals surface area contributed by atoms with E-state index in [2.05, 4.69) is 68.4 Å². The minimum atomic E-state index is 0.0919. The van der Waals surface area contributed by atoms with Gasteiger partial charge in [0.25, 0.3) is 0 Å². The molecule has 2 rings (SSSR count). The van der Waals surface area contributed by atoms with E-state index in [1.807, 2.05) is 19.2 Å². The summed E-state index contributed by atoms with van der Waals surface area (Å²) in [7, 11) is 3.66. The molecule has 1 N–H and O–H groups in total. The number of ether oxygens (including phenoxy) is 1. The third kappa shape index (κ3) is 3.25. The summed E-state index contributed by atoms with van der Waals surface area (Å²) >= 11 is 7.07. The molecule has 0 amide bonds. The molecule has 0 radical (unpaired) electrons. The lowest BCUT2D eigenvalue weighted by Gasteiger charge is -2.21. The molecule has 2 aromatic carbocycles. The van der Waals surface area contributed by atoms with Crippen LogP contribution in [0.3, 0.4) is 0 Å². The third-order valence-corrected chi connectivity index (χ3v) is 4.69. The lowest BCUT2D eigenvalue weighted by atomic mass is 9.97. The van der Waals surface area contributed by atoms with Gasteiger partial charge in [-0.2, -0.15) is 0 Å². The molecule has 2 aromatic rings. The summed E-state index contributed by atoms with van der Waals surface area (Å²) in [4.78, 5) is 0. The van der Waals surface area contributed by atoms with Gasteiger partial charge in [-0.3, -0.25) is 0 Å². The topological polar surface area (TPSA) is 21.3 Å². The van der Waals surface area contributed by atoms with Crippen molar-refractivity contribution in [3.05, 3.63) is 62.0 Å². The van der Waals surface area contributed by atoms with Crippen LogP contribution in [0.25, 0.3) is 0 Å². The number of halogens is 2. The van der Waals surface area contributed by atoms with Gasteiger partial charge in [-0.25, -0.2) is 0 Å².